The van der Waals surface area contributed by atoms with Crippen molar-refractivity contribution in [1.82, 2.24) is 0 Å². The van der Waals surface area contributed by atoms with E-state index in [2.05, 4.69) is 12.2 Å². The minimum Gasteiger partial charge on any atom is -0.0879 e. The Kier molecular flexibility index (Phi) is 1.25. The summed E-state index contributed by atoms with van der Waals surface area (Å²) in [6.07, 6.45) is 13.0. The predicted molar refractivity (Wildman–Crippen MR) is 60.1 cm³/mol. The molecule has 0 aromatic rings. The van der Waals surface area contributed by atoms with Crippen LogP contribution in [0.1, 0.15) is 32.1 Å². The molecule has 15 heavy (non-hydrogen) atoms. The fourth-order valence-electron chi connectivity index (χ4n) is 6.77. The van der Waals surface area contributed by atoms with Crippen LogP contribution in [-0.4, -0.2) is 0 Å². The number of rotatable bonds is 0. The van der Waals surface area contributed by atoms with Crippen molar-refractivity contribution < 1.29 is 0 Å². The van der Waals surface area contributed by atoms with Crippen molar-refractivity contribution in [1.29, 1.82) is 0 Å². The first-order valence-corrected chi connectivity index (χ1v) is 7.10. The molecule has 0 N–H and O–H groups in total. The summed E-state index contributed by atoms with van der Waals surface area (Å²) in [6, 6.07) is 0. The number of allylic oxidation sites excluding steroid dienone is 2. The van der Waals surface area contributed by atoms with Crippen molar-refractivity contribution in [2.24, 2.45) is 47.3 Å². The van der Waals surface area contributed by atoms with Gasteiger partial charge in [-0.1, -0.05) is 12.2 Å². The Morgan fingerprint density at radius 3 is 2.47 bits per heavy atom. The van der Waals surface area contributed by atoms with E-state index in [1.807, 2.05) is 0 Å². The van der Waals surface area contributed by atoms with Gasteiger partial charge < -0.3 is 0 Å². The van der Waals surface area contributed by atoms with Crippen LogP contribution < -0.4 is 0 Å². The molecule has 5 aliphatic carbocycles. The van der Waals surface area contributed by atoms with Crippen LogP contribution in [-0.2, 0) is 0 Å². The summed E-state index contributed by atoms with van der Waals surface area (Å²) < 4.78 is 0. The third kappa shape index (κ3) is 0.736. The van der Waals surface area contributed by atoms with Gasteiger partial charge in [0.1, 0.15) is 0 Å². The monoisotopic (exact) mass is 200 g/mol. The number of fused-ring (bicyclic) bond motifs is 12. The van der Waals surface area contributed by atoms with Gasteiger partial charge in [0, 0.05) is 0 Å². The standard InChI is InChI=1S/C15H20/c1-2-10-11(3-1)13-7-12(10)14-8-4-5-9(6-8)15(13)14/h1-2,8-15H,3-7H2. The molecule has 0 heteroatoms. The summed E-state index contributed by atoms with van der Waals surface area (Å²) in [7, 11) is 0. The second-order valence-electron chi connectivity index (χ2n) is 6.96. The van der Waals surface area contributed by atoms with Crippen LogP contribution in [0, 0.1) is 47.3 Å². The van der Waals surface area contributed by atoms with Crippen LogP contribution >= 0.6 is 0 Å². The van der Waals surface area contributed by atoms with Crippen LogP contribution in [0.5, 0.6) is 0 Å². The zero-order valence-electron chi connectivity index (χ0n) is 9.31. The van der Waals surface area contributed by atoms with Crippen LogP contribution in [0.15, 0.2) is 12.2 Å². The Bertz CT molecular complexity index is 342. The predicted octanol–water partition coefficient (Wildman–Crippen LogP) is 3.49. The van der Waals surface area contributed by atoms with Gasteiger partial charge in [0.15, 0.2) is 0 Å². The molecule has 0 radical (unpaired) electrons. The lowest BCUT2D eigenvalue weighted by atomic mass is 9.64. The van der Waals surface area contributed by atoms with E-state index < -0.39 is 0 Å². The highest BCUT2D eigenvalue weighted by Crippen LogP contribution is 2.71. The Morgan fingerprint density at radius 2 is 1.60 bits per heavy atom. The zero-order chi connectivity index (χ0) is 9.57. The molecular weight excluding hydrogens is 180 g/mol. The van der Waals surface area contributed by atoms with Gasteiger partial charge in [0.05, 0.1) is 0 Å². The first-order valence-electron chi connectivity index (χ1n) is 7.10. The number of hydrogen-bond donors (Lipinski definition) is 0. The molecule has 0 aliphatic heterocycles. The van der Waals surface area contributed by atoms with Crippen LogP contribution in [0.25, 0.3) is 0 Å². The van der Waals surface area contributed by atoms with E-state index in [4.69, 9.17) is 0 Å². The topological polar surface area (TPSA) is 0 Å². The molecule has 0 heterocycles. The van der Waals surface area contributed by atoms with Crippen molar-refractivity contribution >= 4 is 0 Å². The minimum absolute atomic E-state index is 1.04. The Morgan fingerprint density at radius 1 is 0.800 bits per heavy atom. The Labute approximate surface area is 92.1 Å². The largest absolute Gasteiger partial charge is 0.0879 e. The highest BCUT2D eigenvalue weighted by molar-refractivity contribution is 5.20. The summed E-state index contributed by atoms with van der Waals surface area (Å²) in [6.45, 7) is 0. The summed E-state index contributed by atoms with van der Waals surface area (Å²) in [5, 5.41) is 0. The molecule has 4 bridgehead atoms. The Hall–Kier alpha value is -0.260. The highest BCUT2D eigenvalue weighted by Gasteiger charge is 2.65. The summed E-state index contributed by atoms with van der Waals surface area (Å²) in [5.41, 5.74) is 0. The lowest BCUT2D eigenvalue weighted by Gasteiger charge is -2.40. The van der Waals surface area contributed by atoms with E-state index in [1.54, 1.807) is 25.7 Å². The van der Waals surface area contributed by atoms with Crippen molar-refractivity contribution in [2.45, 2.75) is 32.1 Å². The van der Waals surface area contributed by atoms with Gasteiger partial charge in [-0.3, -0.25) is 0 Å². The second kappa shape index (κ2) is 2.36. The molecule has 80 valence electrons. The molecule has 0 aromatic carbocycles. The molecule has 0 aromatic heterocycles. The van der Waals surface area contributed by atoms with E-state index in [-0.39, 0.29) is 0 Å². The third-order valence-corrected chi connectivity index (χ3v) is 6.89. The molecule has 8 atom stereocenters. The average Bonchev–Trinajstić information content (AvgIpc) is 3.03. The van der Waals surface area contributed by atoms with Crippen molar-refractivity contribution in [3.05, 3.63) is 12.2 Å². The lowest BCUT2D eigenvalue weighted by molar-refractivity contribution is 0.0823. The van der Waals surface area contributed by atoms with Crippen LogP contribution in [0.2, 0.25) is 0 Å². The van der Waals surface area contributed by atoms with Gasteiger partial charge in [-0.15, -0.1) is 0 Å². The fraction of sp³-hybridized carbons (Fsp3) is 0.867. The smallest absolute Gasteiger partial charge is 0.0168 e. The van der Waals surface area contributed by atoms with Crippen LogP contribution in [0.4, 0.5) is 0 Å². The lowest BCUT2D eigenvalue weighted by Crippen LogP contribution is -2.36. The van der Waals surface area contributed by atoms with Gasteiger partial charge >= 0.3 is 0 Å². The minimum atomic E-state index is 1.04. The van der Waals surface area contributed by atoms with Crippen molar-refractivity contribution in [3.63, 3.8) is 0 Å². The van der Waals surface area contributed by atoms with Crippen LogP contribution in [0.3, 0.4) is 0 Å². The summed E-state index contributed by atoms with van der Waals surface area (Å²) in [4.78, 5) is 0. The van der Waals surface area contributed by atoms with E-state index in [0.29, 0.717) is 0 Å². The molecule has 5 rings (SSSR count). The molecule has 5 aliphatic rings. The maximum Gasteiger partial charge on any atom is -0.0168 e. The molecule has 8 unspecified atom stereocenters. The normalized spacial score (nSPS) is 67.7. The zero-order valence-corrected chi connectivity index (χ0v) is 9.31. The fourth-order valence-corrected chi connectivity index (χ4v) is 6.77. The van der Waals surface area contributed by atoms with E-state index in [1.165, 1.54) is 30.1 Å². The molecular formula is C15H20. The molecule has 4 fully saturated rings. The summed E-state index contributed by atoms with van der Waals surface area (Å²) >= 11 is 0. The third-order valence-electron chi connectivity index (χ3n) is 6.89. The first kappa shape index (κ1) is 7.92. The van der Waals surface area contributed by atoms with Gasteiger partial charge in [-0.2, -0.15) is 0 Å². The van der Waals surface area contributed by atoms with E-state index in [9.17, 15) is 0 Å². The second-order valence-corrected chi connectivity index (χ2v) is 6.96. The SMILES string of the molecule is C1=CC2C(C1)C1CC2C2C3CCC(C3)C12. The van der Waals surface area contributed by atoms with E-state index >= 15 is 0 Å². The van der Waals surface area contributed by atoms with Gasteiger partial charge in [-0.05, 0) is 79.4 Å². The molecule has 0 amide bonds. The maximum absolute atomic E-state index is 2.59. The molecule has 0 saturated heterocycles. The molecule has 4 saturated carbocycles. The van der Waals surface area contributed by atoms with Gasteiger partial charge in [0.2, 0.25) is 0 Å². The van der Waals surface area contributed by atoms with Gasteiger partial charge in [0.25, 0.3) is 0 Å². The molecule has 0 spiro atoms. The van der Waals surface area contributed by atoms with Crippen molar-refractivity contribution in [2.75, 3.05) is 0 Å². The highest BCUT2D eigenvalue weighted by atomic mass is 14.7. The maximum atomic E-state index is 2.59. The Balaban J connectivity index is 1.61. The molecule has 0 nitrogen and oxygen atoms in total. The average molecular weight is 200 g/mol. The van der Waals surface area contributed by atoms with Crippen molar-refractivity contribution in [3.8, 4) is 0 Å². The number of hydrogen-bond acceptors (Lipinski definition) is 0. The quantitative estimate of drug-likeness (QED) is 0.415. The first-order chi connectivity index (χ1) is 7.43. The van der Waals surface area contributed by atoms with Gasteiger partial charge in [-0.25, -0.2) is 0 Å². The summed E-state index contributed by atoms with van der Waals surface area (Å²) in [5.74, 6) is 9.19. The van der Waals surface area contributed by atoms with E-state index in [0.717, 1.165) is 23.7 Å².